The van der Waals surface area contributed by atoms with Gasteiger partial charge in [-0.05, 0) is 49.6 Å². The van der Waals surface area contributed by atoms with E-state index >= 15 is 0 Å². The summed E-state index contributed by atoms with van der Waals surface area (Å²) in [5.74, 6) is 1.74. The molecule has 2 aromatic carbocycles. The van der Waals surface area contributed by atoms with E-state index in [1.165, 1.54) is 0 Å². The van der Waals surface area contributed by atoms with Crippen LogP contribution in [0.1, 0.15) is 31.6 Å². The molecule has 4 rings (SSSR count). The van der Waals surface area contributed by atoms with Crippen LogP contribution in [0.2, 0.25) is 0 Å². The van der Waals surface area contributed by atoms with Gasteiger partial charge in [-0.2, -0.15) is 0 Å². The SMILES string of the molecule is CCOc1ccc(CNc2nc3ccccc3n2[C@@H]2O[C@H](CO)[C@@H](O)[C@H]2O)cc1OCCCCO. The van der Waals surface area contributed by atoms with Crippen LogP contribution in [-0.4, -0.2) is 74.7 Å². The van der Waals surface area contributed by atoms with E-state index in [4.69, 9.17) is 19.3 Å². The zero-order valence-corrected chi connectivity index (χ0v) is 19.7. The summed E-state index contributed by atoms with van der Waals surface area (Å²) in [4.78, 5) is 4.66. The highest BCUT2D eigenvalue weighted by atomic mass is 16.6. The minimum absolute atomic E-state index is 0.127. The van der Waals surface area contributed by atoms with Gasteiger partial charge in [-0.3, -0.25) is 4.57 Å². The minimum Gasteiger partial charge on any atom is -0.490 e. The quantitative estimate of drug-likeness (QED) is 0.242. The third-order valence-electron chi connectivity index (χ3n) is 5.94. The van der Waals surface area contributed by atoms with Gasteiger partial charge in [-0.15, -0.1) is 0 Å². The second-order valence-corrected chi connectivity index (χ2v) is 8.37. The molecule has 0 radical (unpaired) electrons. The largest absolute Gasteiger partial charge is 0.490 e. The Kier molecular flexibility index (Phi) is 8.42. The number of fused-ring (bicyclic) bond motifs is 1. The van der Waals surface area contributed by atoms with E-state index in [1.54, 1.807) is 4.57 Å². The Hall–Kier alpha value is -2.89. The number of hydrogen-bond donors (Lipinski definition) is 5. The lowest BCUT2D eigenvalue weighted by Crippen LogP contribution is -2.33. The normalized spacial score (nSPS) is 22.0. The predicted octanol–water partition coefficient (Wildman–Crippen LogP) is 1.81. The molecule has 35 heavy (non-hydrogen) atoms. The number of hydrogen-bond acceptors (Lipinski definition) is 9. The molecule has 1 aliphatic heterocycles. The summed E-state index contributed by atoms with van der Waals surface area (Å²) >= 11 is 0. The first-order valence-corrected chi connectivity index (χ1v) is 11.9. The van der Waals surface area contributed by atoms with Crippen LogP contribution in [0.4, 0.5) is 5.95 Å². The monoisotopic (exact) mass is 487 g/mol. The first-order valence-electron chi connectivity index (χ1n) is 11.9. The van der Waals surface area contributed by atoms with Gasteiger partial charge in [0.05, 0.1) is 30.9 Å². The molecule has 3 aromatic rings. The van der Waals surface area contributed by atoms with Crippen LogP contribution in [0, 0.1) is 0 Å². The summed E-state index contributed by atoms with van der Waals surface area (Å²) in [6, 6.07) is 13.1. The van der Waals surface area contributed by atoms with Gasteiger partial charge in [0.25, 0.3) is 0 Å². The molecule has 10 nitrogen and oxygen atoms in total. The van der Waals surface area contributed by atoms with Crippen LogP contribution in [0.15, 0.2) is 42.5 Å². The van der Waals surface area contributed by atoms with Crippen LogP contribution in [0.5, 0.6) is 11.5 Å². The average molecular weight is 488 g/mol. The Labute approximate surface area is 203 Å². The van der Waals surface area contributed by atoms with Gasteiger partial charge < -0.3 is 40.0 Å². The summed E-state index contributed by atoms with van der Waals surface area (Å²) < 4.78 is 19.1. The van der Waals surface area contributed by atoms with Crippen molar-refractivity contribution in [1.82, 2.24) is 9.55 Å². The number of rotatable bonds is 12. The van der Waals surface area contributed by atoms with Gasteiger partial charge in [-0.1, -0.05) is 18.2 Å². The third kappa shape index (κ3) is 5.52. The molecule has 0 bridgehead atoms. The van der Waals surface area contributed by atoms with Gasteiger partial charge in [0.1, 0.15) is 18.3 Å². The number of nitrogens with one attached hydrogen (secondary N) is 1. The number of imidazole rings is 1. The maximum Gasteiger partial charge on any atom is 0.206 e. The zero-order chi connectivity index (χ0) is 24.8. The standard InChI is InChI=1S/C25H33N3O7/c1-2-33-19-10-9-16(13-20(19)34-12-6-5-11-29)14-26-25-27-17-7-3-4-8-18(17)28(25)24-23(32)22(31)21(15-30)35-24/h3-4,7-10,13,21-24,29-32H,2,5-6,11-12,14-15H2,1H3,(H,26,27)/t21-,22-,23-,24-/m1/s1. The van der Waals surface area contributed by atoms with Crippen molar-refractivity contribution in [1.29, 1.82) is 0 Å². The van der Waals surface area contributed by atoms with Crippen molar-refractivity contribution in [2.75, 3.05) is 31.7 Å². The molecular weight excluding hydrogens is 454 g/mol. The molecule has 1 saturated heterocycles. The van der Waals surface area contributed by atoms with Crippen LogP contribution in [-0.2, 0) is 11.3 Å². The predicted molar refractivity (Wildman–Crippen MR) is 129 cm³/mol. The maximum absolute atomic E-state index is 10.6. The number of unbranched alkanes of at least 4 members (excludes halogenated alkanes) is 1. The smallest absolute Gasteiger partial charge is 0.206 e. The van der Waals surface area contributed by atoms with Crippen molar-refractivity contribution in [3.05, 3.63) is 48.0 Å². The first kappa shape index (κ1) is 25.2. The van der Waals surface area contributed by atoms with Crippen LogP contribution < -0.4 is 14.8 Å². The molecular formula is C25H33N3O7. The number of para-hydroxylation sites is 2. The minimum atomic E-state index is -1.23. The van der Waals surface area contributed by atoms with Crippen molar-refractivity contribution in [3.63, 3.8) is 0 Å². The molecule has 0 saturated carbocycles. The average Bonchev–Trinajstić information content (AvgIpc) is 3.38. The Morgan fingerprint density at radius 2 is 1.86 bits per heavy atom. The molecule has 10 heteroatoms. The fourth-order valence-electron chi connectivity index (χ4n) is 4.15. The molecule has 0 unspecified atom stereocenters. The number of anilines is 1. The van der Waals surface area contributed by atoms with Crippen LogP contribution in [0.25, 0.3) is 11.0 Å². The van der Waals surface area contributed by atoms with E-state index in [1.807, 2.05) is 49.4 Å². The Morgan fingerprint density at radius 3 is 2.60 bits per heavy atom. The second-order valence-electron chi connectivity index (χ2n) is 8.37. The second kappa shape index (κ2) is 11.7. The van der Waals surface area contributed by atoms with Crippen molar-refractivity contribution < 1.29 is 34.6 Å². The van der Waals surface area contributed by atoms with E-state index in [0.29, 0.717) is 49.1 Å². The molecule has 0 amide bonds. The van der Waals surface area contributed by atoms with E-state index in [2.05, 4.69) is 10.3 Å². The molecule has 0 aliphatic carbocycles. The number of aliphatic hydroxyl groups excluding tert-OH is 4. The number of nitrogens with zero attached hydrogens (tertiary/aromatic N) is 2. The van der Waals surface area contributed by atoms with E-state index in [9.17, 15) is 15.3 Å². The number of benzene rings is 2. The summed E-state index contributed by atoms with van der Waals surface area (Å²) in [5, 5.41) is 42.7. The highest BCUT2D eigenvalue weighted by Crippen LogP contribution is 2.35. The summed E-state index contributed by atoms with van der Waals surface area (Å²) in [6.45, 7) is 3.02. The molecule has 2 heterocycles. The zero-order valence-electron chi connectivity index (χ0n) is 19.7. The molecule has 1 aliphatic rings. The van der Waals surface area contributed by atoms with Crippen molar-refractivity contribution in [3.8, 4) is 11.5 Å². The lowest BCUT2D eigenvalue weighted by Gasteiger charge is -2.20. The molecule has 4 atom stereocenters. The summed E-state index contributed by atoms with van der Waals surface area (Å²) in [5.41, 5.74) is 2.35. The Balaban J connectivity index is 1.57. The molecule has 0 spiro atoms. The van der Waals surface area contributed by atoms with E-state index in [-0.39, 0.29) is 6.61 Å². The van der Waals surface area contributed by atoms with Gasteiger partial charge >= 0.3 is 0 Å². The highest BCUT2D eigenvalue weighted by Gasteiger charge is 2.44. The summed E-state index contributed by atoms with van der Waals surface area (Å²) in [7, 11) is 0. The van der Waals surface area contributed by atoms with Crippen molar-refractivity contribution >= 4 is 17.0 Å². The fourth-order valence-corrected chi connectivity index (χ4v) is 4.15. The van der Waals surface area contributed by atoms with Crippen molar-refractivity contribution in [2.45, 2.75) is 50.8 Å². The molecule has 5 N–H and O–H groups in total. The fraction of sp³-hybridized carbons (Fsp3) is 0.480. The topological polar surface area (TPSA) is 138 Å². The lowest BCUT2D eigenvalue weighted by molar-refractivity contribution is -0.0499. The van der Waals surface area contributed by atoms with Gasteiger partial charge in [0.2, 0.25) is 5.95 Å². The van der Waals surface area contributed by atoms with Crippen molar-refractivity contribution in [2.24, 2.45) is 0 Å². The highest BCUT2D eigenvalue weighted by molar-refractivity contribution is 5.78. The van der Waals surface area contributed by atoms with Crippen LogP contribution >= 0.6 is 0 Å². The van der Waals surface area contributed by atoms with Gasteiger partial charge in [-0.25, -0.2) is 4.98 Å². The first-order chi connectivity index (χ1) is 17.1. The third-order valence-corrected chi connectivity index (χ3v) is 5.94. The van der Waals surface area contributed by atoms with E-state index < -0.39 is 31.1 Å². The number of aromatic nitrogens is 2. The number of aliphatic hydroxyl groups is 4. The summed E-state index contributed by atoms with van der Waals surface area (Å²) in [6.07, 6.45) is -2.84. The molecule has 1 aromatic heterocycles. The maximum atomic E-state index is 10.6. The van der Waals surface area contributed by atoms with E-state index in [0.717, 1.165) is 17.5 Å². The molecule has 1 fully saturated rings. The van der Waals surface area contributed by atoms with Crippen LogP contribution in [0.3, 0.4) is 0 Å². The molecule has 190 valence electrons. The Bertz CT molecular complexity index is 1110. The number of ether oxygens (including phenoxy) is 3. The van der Waals surface area contributed by atoms with Gasteiger partial charge in [0, 0.05) is 13.2 Å². The Morgan fingerprint density at radius 1 is 1.03 bits per heavy atom. The van der Waals surface area contributed by atoms with Gasteiger partial charge in [0.15, 0.2) is 17.7 Å². The lowest BCUT2D eigenvalue weighted by atomic mass is 10.1.